The van der Waals surface area contributed by atoms with Crippen molar-refractivity contribution in [3.05, 3.63) is 41.2 Å². The van der Waals surface area contributed by atoms with Crippen LogP contribution in [0.25, 0.3) is 0 Å². The Morgan fingerprint density at radius 3 is 2.17 bits per heavy atom. The van der Waals surface area contributed by atoms with Gasteiger partial charge in [-0.2, -0.15) is 5.10 Å². The first kappa shape index (κ1) is 17.3. The van der Waals surface area contributed by atoms with Gasteiger partial charge in [0.25, 0.3) is 11.8 Å². The summed E-state index contributed by atoms with van der Waals surface area (Å²) in [7, 11) is 2.99. The van der Waals surface area contributed by atoms with E-state index < -0.39 is 5.91 Å². The number of carbonyl (C=O) groups is 2. The van der Waals surface area contributed by atoms with Crippen LogP contribution in [0, 0.1) is 13.8 Å². The first-order valence-electron chi connectivity index (χ1n) is 7.26. The SMILES string of the molecule is COc1cc(OC)cc(C(=O)NNC(=O)Cn2nc(C)cc2C)c1. The molecule has 8 nitrogen and oxygen atoms in total. The third-order valence-electron chi connectivity index (χ3n) is 3.33. The molecule has 0 unspecified atom stereocenters. The third kappa shape index (κ3) is 4.25. The molecule has 8 heteroatoms. The van der Waals surface area contributed by atoms with Gasteiger partial charge in [-0.3, -0.25) is 25.1 Å². The van der Waals surface area contributed by atoms with E-state index in [9.17, 15) is 9.59 Å². The highest BCUT2D eigenvalue weighted by molar-refractivity contribution is 5.96. The highest BCUT2D eigenvalue weighted by Gasteiger charge is 2.12. The zero-order valence-electron chi connectivity index (χ0n) is 14.0. The molecule has 0 radical (unpaired) electrons. The summed E-state index contributed by atoms with van der Waals surface area (Å²) in [5, 5.41) is 4.19. The van der Waals surface area contributed by atoms with Crippen molar-refractivity contribution in [3.63, 3.8) is 0 Å². The zero-order chi connectivity index (χ0) is 17.7. The third-order valence-corrected chi connectivity index (χ3v) is 3.33. The highest BCUT2D eigenvalue weighted by atomic mass is 16.5. The largest absolute Gasteiger partial charge is 0.497 e. The number of methoxy groups -OCH3 is 2. The van der Waals surface area contributed by atoms with E-state index in [1.54, 1.807) is 22.9 Å². The van der Waals surface area contributed by atoms with Crippen LogP contribution >= 0.6 is 0 Å². The van der Waals surface area contributed by atoms with Crippen molar-refractivity contribution < 1.29 is 19.1 Å². The average Bonchev–Trinajstić information content (AvgIpc) is 2.89. The fourth-order valence-corrected chi connectivity index (χ4v) is 2.15. The van der Waals surface area contributed by atoms with E-state index in [1.807, 2.05) is 19.9 Å². The second kappa shape index (κ2) is 7.49. The molecule has 24 heavy (non-hydrogen) atoms. The first-order valence-corrected chi connectivity index (χ1v) is 7.26. The zero-order valence-corrected chi connectivity index (χ0v) is 14.0. The van der Waals surface area contributed by atoms with Crippen molar-refractivity contribution >= 4 is 11.8 Å². The number of hydrogen-bond acceptors (Lipinski definition) is 5. The molecule has 2 N–H and O–H groups in total. The van der Waals surface area contributed by atoms with Crippen molar-refractivity contribution in [2.45, 2.75) is 20.4 Å². The Balaban J connectivity index is 1.97. The van der Waals surface area contributed by atoms with E-state index in [0.29, 0.717) is 17.1 Å². The van der Waals surface area contributed by atoms with E-state index >= 15 is 0 Å². The molecule has 0 fully saturated rings. The van der Waals surface area contributed by atoms with Crippen molar-refractivity contribution in [2.75, 3.05) is 14.2 Å². The predicted molar refractivity (Wildman–Crippen MR) is 86.9 cm³/mol. The van der Waals surface area contributed by atoms with Crippen LogP contribution < -0.4 is 20.3 Å². The molecule has 0 atom stereocenters. The molecule has 2 aromatic rings. The van der Waals surface area contributed by atoms with Crippen LogP contribution in [0.1, 0.15) is 21.7 Å². The minimum absolute atomic E-state index is 0.0153. The minimum Gasteiger partial charge on any atom is -0.497 e. The molecule has 1 heterocycles. The molecule has 0 aliphatic carbocycles. The normalized spacial score (nSPS) is 10.2. The van der Waals surface area contributed by atoms with Gasteiger partial charge >= 0.3 is 0 Å². The van der Waals surface area contributed by atoms with Crippen molar-refractivity contribution in [3.8, 4) is 11.5 Å². The van der Waals surface area contributed by atoms with Crippen molar-refractivity contribution in [1.29, 1.82) is 0 Å². The number of aromatic nitrogens is 2. The molecular weight excluding hydrogens is 312 g/mol. The van der Waals surface area contributed by atoms with Crippen LogP contribution in [0.3, 0.4) is 0 Å². The summed E-state index contributed by atoms with van der Waals surface area (Å²) in [5.41, 5.74) is 6.71. The summed E-state index contributed by atoms with van der Waals surface area (Å²) < 4.78 is 11.8. The lowest BCUT2D eigenvalue weighted by atomic mass is 10.2. The number of nitrogens with zero attached hydrogens (tertiary/aromatic N) is 2. The molecule has 2 rings (SSSR count). The second-order valence-electron chi connectivity index (χ2n) is 5.19. The van der Waals surface area contributed by atoms with E-state index in [1.165, 1.54) is 14.2 Å². The molecule has 0 bridgehead atoms. The molecule has 1 aromatic carbocycles. The molecule has 2 amide bonds. The molecule has 0 aliphatic rings. The Kier molecular flexibility index (Phi) is 5.41. The van der Waals surface area contributed by atoms with Gasteiger partial charge in [0.05, 0.1) is 19.9 Å². The van der Waals surface area contributed by atoms with Gasteiger partial charge in [0.15, 0.2) is 0 Å². The first-order chi connectivity index (χ1) is 11.4. The smallest absolute Gasteiger partial charge is 0.269 e. The van der Waals surface area contributed by atoms with Crippen LogP contribution in [0.5, 0.6) is 11.5 Å². The second-order valence-corrected chi connectivity index (χ2v) is 5.19. The van der Waals surface area contributed by atoms with Gasteiger partial charge in [0, 0.05) is 17.3 Å². The van der Waals surface area contributed by atoms with Gasteiger partial charge in [-0.05, 0) is 32.0 Å². The molecular formula is C16H20N4O4. The number of benzene rings is 1. The van der Waals surface area contributed by atoms with Gasteiger partial charge in [-0.25, -0.2) is 0 Å². The van der Waals surface area contributed by atoms with Gasteiger partial charge in [-0.1, -0.05) is 0 Å². The van der Waals surface area contributed by atoms with Gasteiger partial charge in [-0.15, -0.1) is 0 Å². The quantitative estimate of drug-likeness (QED) is 0.796. The number of rotatable bonds is 5. The van der Waals surface area contributed by atoms with Crippen molar-refractivity contribution in [2.24, 2.45) is 0 Å². The number of ether oxygens (including phenoxy) is 2. The van der Waals surface area contributed by atoms with E-state index in [4.69, 9.17) is 9.47 Å². The lowest BCUT2D eigenvalue weighted by Crippen LogP contribution is -2.43. The summed E-state index contributed by atoms with van der Waals surface area (Å²) in [6, 6.07) is 6.61. The highest BCUT2D eigenvalue weighted by Crippen LogP contribution is 2.22. The Labute approximate surface area is 139 Å². The van der Waals surface area contributed by atoms with Gasteiger partial charge in [0.2, 0.25) is 0 Å². The summed E-state index contributed by atoms with van der Waals surface area (Å²) in [6.07, 6.45) is 0. The lowest BCUT2D eigenvalue weighted by Gasteiger charge is -2.10. The van der Waals surface area contributed by atoms with Crippen molar-refractivity contribution in [1.82, 2.24) is 20.6 Å². The fraction of sp³-hybridized carbons (Fsp3) is 0.312. The predicted octanol–water partition coefficient (Wildman–Crippen LogP) is 0.978. The molecule has 0 spiro atoms. The summed E-state index contributed by atoms with van der Waals surface area (Å²) in [5.74, 6) is 0.0975. The average molecular weight is 332 g/mol. The lowest BCUT2D eigenvalue weighted by molar-refractivity contribution is -0.122. The maximum Gasteiger partial charge on any atom is 0.269 e. The topological polar surface area (TPSA) is 94.5 Å². The summed E-state index contributed by atoms with van der Waals surface area (Å²) in [4.78, 5) is 24.1. The van der Waals surface area contributed by atoms with E-state index in [-0.39, 0.29) is 12.5 Å². The van der Waals surface area contributed by atoms with Crippen LogP contribution in [0.2, 0.25) is 0 Å². The number of carbonyl (C=O) groups excluding carboxylic acids is 2. The number of amides is 2. The van der Waals surface area contributed by atoms with E-state index in [0.717, 1.165) is 11.4 Å². The fourth-order valence-electron chi connectivity index (χ4n) is 2.15. The molecule has 1 aromatic heterocycles. The van der Waals surface area contributed by atoms with Crippen LogP contribution in [0.4, 0.5) is 0 Å². The Hall–Kier alpha value is -3.03. The monoisotopic (exact) mass is 332 g/mol. The number of nitrogens with one attached hydrogen (secondary N) is 2. The maximum absolute atomic E-state index is 12.1. The molecule has 0 aliphatic heterocycles. The van der Waals surface area contributed by atoms with Crippen LogP contribution in [-0.2, 0) is 11.3 Å². The summed E-state index contributed by atoms with van der Waals surface area (Å²) in [6.45, 7) is 3.72. The van der Waals surface area contributed by atoms with E-state index in [2.05, 4.69) is 16.0 Å². The molecule has 0 saturated heterocycles. The van der Waals surface area contributed by atoms with Gasteiger partial charge in [0.1, 0.15) is 18.0 Å². The maximum atomic E-state index is 12.1. The standard InChI is InChI=1S/C16H20N4O4/c1-10-5-11(2)20(19-10)9-15(21)17-18-16(22)12-6-13(23-3)8-14(7-12)24-4/h5-8H,9H2,1-4H3,(H,17,21)(H,18,22). The number of hydrogen-bond donors (Lipinski definition) is 2. The number of aryl methyl sites for hydroxylation is 2. The Bertz CT molecular complexity index is 732. The van der Waals surface area contributed by atoms with Gasteiger partial charge < -0.3 is 9.47 Å². The molecule has 0 saturated carbocycles. The molecule has 128 valence electrons. The number of hydrazine groups is 1. The van der Waals surface area contributed by atoms with Crippen LogP contribution in [-0.4, -0.2) is 35.8 Å². The Morgan fingerprint density at radius 2 is 1.67 bits per heavy atom. The van der Waals surface area contributed by atoms with Crippen LogP contribution in [0.15, 0.2) is 24.3 Å². The summed E-state index contributed by atoms with van der Waals surface area (Å²) >= 11 is 0. The Morgan fingerprint density at radius 1 is 1.04 bits per heavy atom. The minimum atomic E-state index is -0.478.